The Balaban J connectivity index is 1.32. The summed E-state index contributed by atoms with van der Waals surface area (Å²) in [7, 11) is 0. The van der Waals surface area contributed by atoms with E-state index in [1.807, 2.05) is 24.3 Å². The van der Waals surface area contributed by atoms with Gasteiger partial charge in [-0.25, -0.2) is 0 Å². The number of carbonyl (C=O) groups excluding carboxylic acids is 2. The van der Waals surface area contributed by atoms with Crippen molar-refractivity contribution in [1.29, 1.82) is 0 Å². The van der Waals surface area contributed by atoms with E-state index in [0.717, 1.165) is 31.2 Å². The van der Waals surface area contributed by atoms with Gasteiger partial charge in [0.25, 0.3) is 5.91 Å². The number of benzene rings is 1. The largest absolute Gasteiger partial charge is 0.352 e. The second-order valence-corrected chi connectivity index (χ2v) is 8.30. The first-order valence-electron chi connectivity index (χ1n) is 10.4. The van der Waals surface area contributed by atoms with Crippen LogP contribution in [0.15, 0.2) is 48.8 Å². The molecule has 6 heteroatoms. The average molecular weight is 393 g/mol. The Morgan fingerprint density at radius 3 is 2.52 bits per heavy atom. The first kappa shape index (κ1) is 19.6. The zero-order valence-electron chi connectivity index (χ0n) is 16.5. The molecule has 2 amide bonds. The number of nitrogens with one attached hydrogen (secondary N) is 2. The highest BCUT2D eigenvalue weighted by Gasteiger charge is 2.40. The number of pyridine rings is 1. The Morgan fingerprint density at radius 1 is 1.07 bits per heavy atom. The molecular weight excluding hydrogens is 364 g/mol. The van der Waals surface area contributed by atoms with Gasteiger partial charge in [-0.2, -0.15) is 0 Å². The van der Waals surface area contributed by atoms with Gasteiger partial charge >= 0.3 is 0 Å². The maximum Gasteiger partial charge on any atom is 0.255 e. The van der Waals surface area contributed by atoms with E-state index in [-0.39, 0.29) is 23.8 Å². The number of hydrogen-bond acceptors (Lipinski definition) is 4. The number of carbonyl (C=O) groups is 2. The molecule has 2 fully saturated rings. The third-order valence-corrected chi connectivity index (χ3v) is 6.38. The Bertz CT molecular complexity index is 856. The zero-order chi connectivity index (χ0) is 20.2. The smallest absolute Gasteiger partial charge is 0.255 e. The molecule has 2 saturated carbocycles. The van der Waals surface area contributed by atoms with E-state index in [2.05, 4.69) is 15.6 Å². The number of nitrogens with zero attached hydrogens (tertiary/aromatic N) is 1. The summed E-state index contributed by atoms with van der Waals surface area (Å²) >= 11 is 0. The van der Waals surface area contributed by atoms with Crippen LogP contribution in [0.4, 0.5) is 5.69 Å². The fourth-order valence-corrected chi connectivity index (χ4v) is 4.80. The fraction of sp³-hybridized carbons (Fsp3) is 0.435. The van der Waals surface area contributed by atoms with Gasteiger partial charge in [0.2, 0.25) is 5.91 Å². The molecule has 2 aromatic rings. The van der Waals surface area contributed by atoms with Gasteiger partial charge in [-0.05, 0) is 67.3 Å². The predicted molar refractivity (Wildman–Crippen MR) is 112 cm³/mol. The molecule has 2 aliphatic rings. The standard InChI is InChI=1S/C23H28N4O2/c24-21-17-4-2-5-18(21)13-19(12-17)22(28)26-14-15-3-1-6-20(11-15)27-23(29)16-7-9-25-10-8-16/h1,3,6-11,17-19,21H,2,4-5,12-14,24H2,(H,26,28)(H,27,29). The first-order valence-corrected chi connectivity index (χ1v) is 10.4. The molecule has 0 aliphatic heterocycles. The summed E-state index contributed by atoms with van der Waals surface area (Å²) < 4.78 is 0. The highest BCUT2D eigenvalue weighted by molar-refractivity contribution is 6.04. The van der Waals surface area contributed by atoms with Crippen molar-refractivity contribution in [1.82, 2.24) is 10.3 Å². The topological polar surface area (TPSA) is 97.1 Å². The van der Waals surface area contributed by atoms with E-state index in [0.29, 0.717) is 29.6 Å². The summed E-state index contributed by atoms with van der Waals surface area (Å²) in [5.41, 5.74) is 8.56. The summed E-state index contributed by atoms with van der Waals surface area (Å²) in [6, 6.07) is 11.2. The lowest BCUT2D eigenvalue weighted by Crippen LogP contribution is -2.49. The molecule has 2 bridgehead atoms. The van der Waals surface area contributed by atoms with Crippen LogP contribution in [0.3, 0.4) is 0 Å². The van der Waals surface area contributed by atoms with Crippen molar-refractivity contribution in [3.8, 4) is 0 Å². The Morgan fingerprint density at radius 2 is 1.79 bits per heavy atom. The number of aromatic nitrogens is 1. The van der Waals surface area contributed by atoms with Crippen molar-refractivity contribution in [3.63, 3.8) is 0 Å². The summed E-state index contributed by atoms with van der Waals surface area (Å²) in [6.07, 6.45) is 8.55. The van der Waals surface area contributed by atoms with Crippen LogP contribution in [0.2, 0.25) is 0 Å². The molecule has 0 spiro atoms. The molecule has 2 unspecified atom stereocenters. The number of nitrogens with two attached hydrogens (primary N) is 1. The quantitative estimate of drug-likeness (QED) is 0.728. The van der Waals surface area contributed by atoms with E-state index >= 15 is 0 Å². The molecule has 0 saturated heterocycles. The summed E-state index contributed by atoms with van der Waals surface area (Å²) in [5.74, 6) is 0.994. The van der Waals surface area contributed by atoms with E-state index < -0.39 is 0 Å². The second-order valence-electron chi connectivity index (χ2n) is 8.30. The minimum absolute atomic E-state index is 0.0691. The van der Waals surface area contributed by atoms with Crippen molar-refractivity contribution >= 4 is 17.5 Å². The molecular formula is C23H28N4O2. The normalized spacial score (nSPS) is 25.8. The van der Waals surface area contributed by atoms with Crippen LogP contribution in [0, 0.1) is 17.8 Å². The fourth-order valence-electron chi connectivity index (χ4n) is 4.80. The Labute approximate surface area is 171 Å². The van der Waals surface area contributed by atoms with E-state index in [1.165, 1.54) is 6.42 Å². The molecule has 6 nitrogen and oxygen atoms in total. The zero-order valence-corrected chi connectivity index (χ0v) is 16.5. The maximum atomic E-state index is 12.7. The molecule has 152 valence electrons. The number of rotatable bonds is 5. The highest BCUT2D eigenvalue weighted by atomic mass is 16.2. The van der Waals surface area contributed by atoms with E-state index in [4.69, 9.17) is 5.73 Å². The van der Waals surface area contributed by atoms with Crippen LogP contribution in [0.25, 0.3) is 0 Å². The minimum atomic E-state index is -0.182. The number of hydrogen-bond donors (Lipinski definition) is 3. The lowest BCUT2D eigenvalue weighted by molar-refractivity contribution is -0.128. The van der Waals surface area contributed by atoms with Crippen LogP contribution in [-0.2, 0) is 11.3 Å². The number of amides is 2. The molecule has 0 radical (unpaired) electrons. The van der Waals surface area contributed by atoms with Gasteiger partial charge in [0.1, 0.15) is 0 Å². The van der Waals surface area contributed by atoms with Crippen molar-refractivity contribution in [2.24, 2.45) is 23.5 Å². The van der Waals surface area contributed by atoms with Gasteiger partial charge in [-0.3, -0.25) is 14.6 Å². The van der Waals surface area contributed by atoms with Crippen LogP contribution >= 0.6 is 0 Å². The van der Waals surface area contributed by atoms with Crippen molar-refractivity contribution < 1.29 is 9.59 Å². The number of anilines is 1. The monoisotopic (exact) mass is 392 g/mol. The van der Waals surface area contributed by atoms with Crippen LogP contribution in [0.1, 0.15) is 48.0 Å². The molecule has 1 aromatic carbocycles. The van der Waals surface area contributed by atoms with Gasteiger partial charge in [0, 0.05) is 42.1 Å². The van der Waals surface area contributed by atoms with Crippen LogP contribution in [-0.4, -0.2) is 22.8 Å². The molecule has 29 heavy (non-hydrogen) atoms. The van der Waals surface area contributed by atoms with E-state index in [9.17, 15) is 9.59 Å². The first-order chi connectivity index (χ1) is 14.1. The average Bonchev–Trinajstić information content (AvgIpc) is 2.73. The maximum absolute atomic E-state index is 12.7. The van der Waals surface area contributed by atoms with Crippen molar-refractivity contribution in [2.75, 3.05) is 5.32 Å². The molecule has 2 atom stereocenters. The SMILES string of the molecule is NC1C2CCCC1CC(C(=O)NCc1cccc(NC(=O)c3ccncc3)c1)C2. The van der Waals surface area contributed by atoms with E-state index in [1.54, 1.807) is 24.5 Å². The molecule has 1 aromatic heterocycles. The highest BCUT2D eigenvalue weighted by Crippen LogP contribution is 2.41. The predicted octanol–water partition coefficient (Wildman–Crippen LogP) is 3.10. The van der Waals surface area contributed by atoms with Gasteiger partial charge < -0.3 is 16.4 Å². The van der Waals surface area contributed by atoms with Gasteiger partial charge in [-0.15, -0.1) is 0 Å². The molecule has 2 aliphatic carbocycles. The van der Waals surface area contributed by atoms with Gasteiger partial charge in [0.05, 0.1) is 0 Å². The lowest BCUT2D eigenvalue weighted by Gasteiger charge is -2.43. The molecule has 4 rings (SSSR count). The van der Waals surface area contributed by atoms with Gasteiger partial charge in [-0.1, -0.05) is 18.6 Å². The third kappa shape index (κ3) is 4.65. The van der Waals surface area contributed by atoms with Crippen molar-refractivity contribution in [2.45, 2.75) is 44.7 Å². The summed E-state index contributed by atoms with van der Waals surface area (Å²) in [4.78, 5) is 29.0. The lowest BCUT2D eigenvalue weighted by atomic mass is 9.65. The minimum Gasteiger partial charge on any atom is -0.352 e. The summed E-state index contributed by atoms with van der Waals surface area (Å²) in [6.45, 7) is 0.454. The number of fused-ring (bicyclic) bond motifs is 2. The summed E-state index contributed by atoms with van der Waals surface area (Å²) in [5, 5.41) is 5.97. The van der Waals surface area contributed by atoms with Crippen molar-refractivity contribution in [3.05, 3.63) is 59.9 Å². The Kier molecular flexibility index (Phi) is 5.90. The molecule has 4 N–H and O–H groups in total. The van der Waals surface area contributed by atoms with Gasteiger partial charge in [0.15, 0.2) is 0 Å². The Hall–Kier alpha value is -2.73. The van der Waals surface area contributed by atoms with Crippen LogP contribution in [0.5, 0.6) is 0 Å². The second kappa shape index (κ2) is 8.74. The molecule has 1 heterocycles. The van der Waals surface area contributed by atoms with Crippen LogP contribution < -0.4 is 16.4 Å². The third-order valence-electron chi connectivity index (χ3n) is 6.38.